The van der Waals surface area contributed by atoms with Gasteiger partial charge in [0.25, 0.3) is 0 Å². The third-order valence-corrected chi connectivity index (χ3v) is 5.66. The van der Waals surface area contributed by atoms with Crippen molar-refractivity contribution in [3.63, 3.8) is 0 Å². The Morgan fingerprint density at radius 1 is 1.45 bits per heavy atom. The van der Waals surface area contributed by atoms with Gasteiger partial charge in [0.15, 0.2) is 10.9 Å². The second-order valence-corrected chi connectivity index (χ2v) is 6.90. The van der Waals surface area contributed by atoms with Crippen molar-refractivity contribution in [2.75, 3.05) is 13.1 Å². The van der Waals surface area contributed by atoms with E-state index in [1.54, 1.807) is 11.8 Å². The molecule has 2 aliphatic rings. The molecule has 1 N–H and O–H groups in total. The largest absolute Gasteiger partial charge is 0.366 e. The fourth-order valence-corrected chi connectivity index (χ4v) is 4.53. The molecule has 5 heteroatoms. The summed E-state index contributed by atoms with van der Waals surface area (Å²) < 4.78 is 0. The number of thioether (sulfide) groups is 1. The Balaban J connectivity index is 1.96. The zero-order chi connectivity index (χ0) is 14.2. The molecule has 0 aromatic heterocycles. The van der Waals surface area contributed by atoms with Gasteiger partial charge in [0.2, 0.25) is 0 Å². The summed E-state index contributed by atoms with van der Waals surface area (Å²) >= 11 is 7.69. The van der Waals surface area contributed by atoms with Crippen molar-refractivity contribution in [2.45, 2.75) is 37.2 Å². The highest BCUT2D eigenvalue weighted by Gasteiger charge is 2.53. The van der Waals surface area contributed by atoms with Crippen LogP contribution in [-0.4, -0.2) is 33.5 Å². The van der Waals surface area contributed by atoms with Gasteiger partial charge in [-0.1, -0.05) is 55.3 Å². The number of aliphatic imine (C=N–C) groups is 1. The quantitative estimate of drug-likeness (QED) is 0.925. The number of rotatable bonds is 4. The van der Waals surface area contributed by atoms with E-state index in [2.05, 4.69) is 16.8 Å². The first-order chi connectivity index (χ1) is 9.66. The van der Waals surface area contributed by atoms with E-state index < -0.39 is 5.72 Å². The van der Waals surface area contributed by atoms with Gasteiger partial charge in [0.05, 0.1) is 11.8 Å². The Morgan fingerprint density at radius 3 is 2.90 bits per heavy atom. The number of amidine groups is 1. The van der Waals surface area contributed by atoms with Gasteiger partial charge in [-0.2, -0.15) is 0 Å². The van der Waals surface area contributed by atoms with Crippen LogP contribution in [0.15, 0.2) is 29.3 Å². The fraction of sp³-hybridized carbons (Fsp3) is 0.533. The second kappa shape index (κ2) is 5.58. The number of fused-ring (bicyclic) bond motifs is 1. The van der Waals surface area contributed by atoms with Crippen molar-refractivity contribution in [3.05, 3.63) is 34.9 Å². The van der Waals surface area contributed by atoms with Gasteiger partial charge >= 0.3 is 0 Å². The average Bonchev–Trinajstić information content (AvgIpc) is 3.00. The Kier molecular flexibility index (Phi) is 3.98. The van der Waals surface area contributed by atoms with E-state index in [0.29, 0.717) is 5.02 Å². The Labute approximate surface area is 129 Å². The lowest BCUT2D eigenvalue weighted by molar-refractivity contribution is -0.0674. The number of halogens is 1. The standard InChI is InChI=1S/C15H19ClN2OS/c1-2-3-4-13-15(19,11-5-7-12(16)8-6-11)18-10-9-17-14(18)20-13/h5-8,13,19H,2-4,9-10H2,1H3/t13-,15-/m1/s1. The van der Waals surface area contributed by atoms with E-state index in [1.807, 2.05) is 24.3 Å². The predicted molar refractivity (Wildman–Crippen MR) is 85.3 cm³/mol. The maximum absolute atomic E-state index is 11.4. The molecule has 2 atom stereocenters. The van der Waals surface area contributed by atoms with Gasteiger partial charge < -0.3 is 10.0 Å². The molecule has 108 valence electrons. The molecule has 0 unspecified atom stereocenters. The number of unbranched alkanes of at least 4 members (excludes halogenated alkanes) is 1. The van der Waals surface area contributed by atoms with Gasteiger partial charge in [-0.15, -0.1) is 0 Å². The van der Waals surface area contributed by atoms with Crippen molar-refractivity contribution in [1.82, 2.24) is 4.90 Å². The van der Waals surface area contributed by atoms with E-state index in [4.69, 9.17) is 11.6 Å². The Hall–Kier alpha value is -0.710. The van der Waals surface area contributed by atoms with Crippen molar-refractivity contribution in [2.24, 2.45) is 4.99 Å². The molecular formula is C15H19ClN2OS. The van der Waals surface area contributed by atoms with Crippen LogP contribution >= 0.6 is 23.4 Å². The average molecular weight is 311 g/mol. The maximum atomic E-state index is 11.4. The summed E-state index contributed by atoms with van der Waals surface area (Å²) in [6.07, 6.45) is 3.25. The van der Waals surface area contributed by atoms with Crippen LogP contribution in [0.25, 0.3) is 0 Å². The van der Waals surface area contributed by atoms with Gasteiger partial charge in [-0.3, -0.25) is 4.99 Å². The molecule has 0 aliphatic carbocycles. The van der Waals surface area contributed by atoms with Crippen LogP contribution in [0.4, 0.5) is 0 Å². The molecule has 1 fully saturated rings. The molecule has 3 rings (SSSR count). The zero-order valence-corrected chi connectivity index (χ0v) is 13.1. The summed E-state index contributed by atoms with van der Waals surface area (Å²) in [5, 5.41) is 13.2. The molecule has 0 amide bonds. The molecule has 0 spiro atoms. The lowest BCUT2D eigenvalue weighted by Gasteiger charge is -2.36. The van der Waals surface area contributed by atoms with Crippen LogP contribution in [0.1, 0.15) is 31.7 Å². The van der Waals surface area contributed by atoms with E-state index >= 15 is 0 Å². The van der Waals surface area contributed by atoms with E-state index in [-0.39, 0.29) is 5.25 Å². The minimum absolute atomic E-state index is 0.141. The molecule has 1 aromatic carbocycles. The molecule has 3 nitrogen and oxygen atoms in total. The number of aliphatic hydroxyl groups is 1. The first-order valence-corrected chi connectivity index (χ1v) is 8.39. The highest BCUT2D eigenvalue weighted by Crippen LogP contribution is 2.48. The summed E-state index contributed by atoms with van der Waals surface area (Å²) in [6.45, 7) is 3.75. The molecule has 1 saturated heterocycles. The molecule has 2 heterocycles. The monoisotopic (exact) mass is 310 g/mol. The Bertz CT molecular complexity index is 519. The van der Waals surface area contributed by atoms with Crippen molar-refractivity contribution < 1.29 is 5.11 Å². The minimum atomic E-state index is -0.945. The topological polar surface area (TPSA) is 35.8 Å². The smallest absolute Gasteiger partial charge is 0.178 e. The highest BCUT2D eigenvalue weighted by molar-refractivity contribution is 8.14. The summed E-state index contributed by atoms with van der Waals surface area (Å²) in [6, 6.07) is 7.56. The highest BCUT2D eigenvalue weighted by atomic mass is 35.5. The lowest BCUT2D eigenvalue weighted by atomic mass is 9.94. The third kappa shape index (κ3) is 2.24. The summed E-state index contributed by atoms with van der Waals surface area (Å²) in [7, 11) is 0. The van der Waals surface area contributed by atoms with Crippen LogP contribution in [-0.2, 0) is 5.72 Å². The van der Waals surface area contributed by atoms with Gasteiger partial charge in [0, 0.05) is 17.1 Å². The van der Waals surface area contributed by atoms with E-state index in [9.17, 15) is 5.11 Å². The molecule has 0 saturated carbocycles. The SMILES string of the molecule is CCCC[C@H]1SC2=NCCN2[C@@]1(O)c1ccc(Cl)cc1. The minimum Gasteiger partial charge on any atom is -0.366 e. The lowest BCUT2D eigenvalue weighted by Crippen LogP contribution is -2.47. The van der Waals surface area contributed by atoms with Crippen LogP contribution in [0, 0.1) is 0 Å². The second-order valence-electron chi connectivity index (χ2n) is 5.30. The first-order valence-electron chi connectivity index (χ1n) is 7.13. The van der Waals surface area contributed by atoms with Gasteiger partial charge in [-0.25, -0.2) is 0 Å². The predicted octanol–water partition coefficient (Wildman–Crippen LogP) is 3.46. The fourth-order valence-electron chi connectivity index (χ4n) is 2.91. The normalized spacial score (nSPS) is 28.6. The van der Waals surface area contributed by atoms with Gasteiger partial charge in [0.1, 0.15) is 0 Å². The van der Waals surface area contributed by atoms with Crippen LogP contribution < -0.4 is 0 Å². The molecule has 20 heavy (non-hydrogen) atoms. The third-order valence-electron chi connectivity index (χ3n) is 4.00. The van der Waals surface area contributed by atoms with Crippen LogP contribution in [0.2, 0.25) is 5.02 Å². The first kappa shape index (κ1) is 14.2. The number of nitrogens with zero attached hydrogens (tertiary/aromatic N) is 2. The van der Waals surface area contributed by atoms with Crippen molar-refractivity contribution >= 4 is 28.5 Å². The summed E-state index contributed by atoms with van der Waals surface area (Å²) in [5.74, 6) is 0. The number of hydrogen-bond donors (Lipinski definition) is 1. The summed E-state index contributed by atoms with van der Waals surface area (Å²) in [4.78, 5) is 6.57. The zero-order valence-electron chi connectivity index (χ0n) is 11.6. The maximum Gasteiger partial charge on any atom is 0.178 e. The van der Waals surface area contributed by atoms with Gasteiger partial charge in [-0.05, 0) is 18.6 Å². The van der Waals surface area contributed by atoms with Crippen LogP contribution in [0.3, 0.4) is 0 Å². The number of hydrogen-bond acceptors (Lipinski definition) is 4. The summed E-state index contributed by atoms with van der Waals surface area (Å²) in [5.41, 5.74) is -0.0256. The molecular weight excluding hydrogens is 292 g/mol. The van der Waals surface area contributed by atoms with E-state index in [0.717, 1.165) is 43.1 Å². The molecule has 1 aromatic rings. The van der Waals surface area contributed by atoms with Crippen LogP contribution in [0.5, 0.6) is 0 Å². The molecule has 0 bridgehead atoms. The van der Waals surface area contributed by atoms with Crippen molar-refractivity contribution in [3.8, 4) is 0 Å². The molecule has 0 radical (unpaired) electrons. The molecule has 2 aliphatic heterocycles. The van der Waals surface area contributed by atoms with Crippen molar-refractivity contribution in [1.29, 1.82) is 0 Å². The number of benzene rings is 1. The Morgan fingerprint density at radius 2 is 2.20 bits per heavy atom. The van der Waals surface area contributed by atoms with E-state index in [1.165, 1.54) is 0 Å².